The molecule has 3 heterocycles. The lowest BCUT2D eigenvalue weighted by atomic mass is 9.95. The van der Waals surface area contributed by atoms with Crippen molar-refractivity contribution < 1.29 is 80.9 Å². The number of carbonyl (C=O) groups excluding carboxylic acids is 7. The Morgan fingerprint density at radius 1 is 0.654 bits per heavy atom. The van der Waals surface area contributed by atoms with E-state index >= 15 is 0 Å². The van der Waals surface area contributed by atoms with Gasteiger partial charge in [0.1, 0.15) is 36.6 Å². The van der Waals surface area contributed by atoms with E-state index in [4.69, 9.17) is 59.6 Å². The number of ether oxygens (including phenoxy) is 10. The van der Waals surface area contributed by atoms with Gasteiger partial charge in [0.15, 0.2) is 43.0 Å². The van der Waals surface area contributed by atoms with Gasteiger partial charge in [-0.25, -0.2) is 4.98 Å². The first-order valence-corrected chi connectivity index (χ1v) is 17.3. The highest BCUT2D eigenvalue weighted by Crippen LogP contribution is 2.38. The molecule has 0 aliphatic carbocycles. The van der Waals surface area contributed by atoms with E-state index < -0.39 is 116 Å². The smallest absolute Gasteiger partial charge is 0.303 e. The number of hydrogen-bond donors (Lipinski definition) is 0. The Kier molecular flexibility index (Phi) is 15.5. The van der Waals surface area contributed by atoms with E-state index in [0.29, 0.717) is 5.03 Å². The maximum atomic E-state index is 12.6. The topological polar surface area (TPSA) is 230 Å². The average molecular weight is 777 g/mol. The Balaban J connectivity index is 2.23. The van der Waals surface area contributed by atoms with Crippen molar-refractivity contribution in [2.45, 2.75) is 115 Å². The molecule has 0 radical (unpaired) electrons. The highest BCUT2D eigenvalue weighted by atomic mass is 32.2. The largest absolute Gasteiger partial charge is 0.463 e. The van der Waals surface area contributed by atoms with Crippen molar-refractivity contribution in [1.29, 1.82) is 0 Å². The molecule has 0 spiro atoms. The Morgan fingerprint density at radius 2 is 1.10 bits per heavy atom. The molecule has 1 aromatic heterocycles. The van der Waals surface area contributed by atoms with Crippen molar-refractivity contribution in [3.05, 3.63) is 17.0 Å². The van der Waals surface area contributed by atoms with Crippen molar-refractivity contribution in [3.63, 3.8) is 0 Å². The summed E-state index contributed by atoms with van der Waals surface area (Å²) in [5.41, 5.74) is 0. The molecular weight excluding hydrogens is 736 g/mol. The molecule has 10 atom stereocenters. The van der Waals surface area contributed by atoms with Gasteiger partial charge in [0.25, 0.3) is 0 Å². The molecule has 0 amide bonds. The second-order valence-electron chi connectivity index (χ2n) is 11.3. The summed E-state index contributed by atoms with van der Waals surface area (Å²) in [7, 11) is 0. The molecule has 2 aliphatic rings. The zero-order valence-electron chi connectivity index (χ0n) is 29.5. The van der Waals surface area contributed by atoms with Crippen LogP contribution in [0.1, 0.15) is 54.7 Å². The number of carbonyl (C=O) groups is 7. The third kappa shape index (κ3) is 11.7. The molecule has 288 valence electrons. The van der Waals surface area contributed by atoms with Gasteiger partial charge in [0.2, 0.25) is 4.77 Å². The normalized spacial score (nSPS) is 28.4. The van der Waals surface area contributed by atoms with E-state index in [1.165, 1.54) is 22.5 Å². The van der Waals surface area contributed by atoms with Crippen LogP contribution in [0.2, 0.25) is 0 Å². The van der Waals surface area contributed by atoms with E-state index in [1.807, 2.05) is 0 Å². The number of rotatable bonds is 13. The van der Waals surface area contributed by atoms with Gasteiger partial charge in [0.05, 0.1) is 0 Å². The Bertz CT molecular complexity index is 1570. The Labute approximate surface area is 307 Å². The van der Waals surface area contributed by atoms with Gasteiger partial charge in [-0.05, 0) is 24.5 Å². The Hall–Kier alpha value is -4.18. The molecule has 0 unspecified atom stereocenters. The summed E-state index contributed by atoms with van der Waals surface area (Å²) in [6, 6.07) is 1.61. The SMILES string of the molecule is CSc1ccn([C@@H]2O[C@H](COC(C)=O)[C@@H](O[C@@H]3O[C@H](COC(C)=O)[C@@H](OC(C)=O)[C@H](OC(C)=O)[C@H]3OC(C)=O)[C@H](OC(C)=O)[C@H]2OC(C)=O)c(=S)n1. The molecule has 3 rings (SSSR count). The predicted molar refractivity (Wildman–Crippen MR) is 173 cm³/mol. The Morgan fingerprint density at radius 3 is 1.56 bits per heavy atom. The molecule has 0 saturated carbocycles. The van der Waals surface area contributed by atoms with Crippen LogP contribution in [0.4, 0.5) is 0 Å². The summed E-state index contributed by atoms with van der Waals surface area (Å²) in [4.78, 5) is 90.2. The highest BCUT2D eigenvalue weighted by molar-refractivity contribution is 7.98. The zero-order chi connectivity index (χ0) is 38.9. The first-order valence-electron chi connectivity index (χ1n) is 15.6. The third-order valence-electron chi connectivity index (χ3n) is 7.19. The minimum absolute atomic E-state index is 0.0132. The van der Waals surface area contributed by atoms with Crippen molar-refractivity contribution >= 4 is 65.8 Å². The maximum absolute atomic E-state index is 12.6. The average Bonchev–Trinajstić information content (AvgIpc) is 3.02. The third-order valence-corrected chi connectivity index (χ3v) is 8.14. The van der Waals surface area contributed by atoms with Crippen molar-refractivity contribution in [2.75, 3.05) is 19.5 Å². The van der Waals surface area contributed by atoms with Crippen LogP contribution in [0.5, 0.6) is 0 Å². The summed E-state index contributed by atoms with van der Waals surface area (Å²) in [6.07, 6.45) is -12.2. The standard InChI is InChI=1S/C31H40N2O17S2/c1-13(34)41-11-20-24(25(44-16(4)37)27(46-18(6)39)29(48-20)33-10-9-22(52-8)32-31(33)51)50-30-28(47-19(7)40)26(45-17(5)38)23(43-15(3)36)21(49-30)12-42-14(2)35/h9-10,20-21,23-30H,11-12H2,1-8H3/t20-,21-,23-,24-,25+,26+,27-,28-,29-,30+/m1/s1. The fourth-order valence-electron chi connectivity index (χ4n) is 5.42. The molecule has 52 heavy (non-hydrogen) atoms. The second-order valence-corrected chi connectivity index (χ2v) is 12.5. The molecule has 2 fully saturated rings. The van der Waals surface area contributed by atoms with Crippen LogP contribution in [0, 0.1) is 4.77 Å². The highest BCUT2D eigenvalue weighted by Gasteiger charge is 2.57. The molecule has 19 nitrogen and oxygen atoms in total. The quantitative estimate of drug-likeness (QED) is 0.0898. The van der Waals surface area contributed by atoms with Crippen LogP contribution in [-0.4, -0.2) is 126 Å². The van der Waals surface area contributed by atoms with E-state index in [9.17, 15) is 33.6 Å². The number of nitrogens with zero attached hydrogens (tertiary/aromatic N) is 2. The van der Waals surface area contributed by atoms with Crippen LogP contribution in [0.15, 0.2) is 17.3 Å². The van der Waals surface area contributed by atoms with Gasteiger partial charge in [0, 0.05) is 54.7 Å². The van der Waals surface area contributed by atoms with E-state index in [0.717, 1.165) is 48.5 Å². The predicted octanol–water partition coefficient (Wildman–Crippen LogP) is 1.13. The van der Waals surface area contributed by atoms with Gasteiger partial charge < -0.3 is 47.4 Å². The lowest BCUT2D eigenvalue weighted by Crippen LogP contribution is -2.66. The monoisotopic (exact) mass is 776 g/mol. The fourth-order valence-corrected chi connectivity index (χ4v) is 6.11. The van der Waals surface area contributed by atoms with Crippen LogP contribution in [0.25, 0.3) is 0 Å². The number of esters is 7. The van der Waals surface area contributed by atoms with Crippen molar-refractivity contribution in [2.24, 2.45) is 0 Å². The number of thioether (sulfide) groups is 1. The first-order chi connectivity index (χ1) is 24.4. The molecule has 1 aromatic rings. The second kappa shape index (κ2) is 19.1. The van der Waals surface area contributed by atoms with Gasteiger partial charge >= 0.3 is 41.8 Å². The minimum atomic E-state index is -1.80. The van der Waals surface area contributed by atoms with Crippen LogP contribution < -0.4 is 0 Å². The lowest BCUT2D eigenvalue weighted by molar-refractivity contribution is -0.349. The number of aromatic nitrogens is 2. The van der Waals surface area contributed by atoms with Crippen molar-refractivity contribution in [1.82, 2.24) is 9.55 Å². The summed E-state index contributed by atoms with van der Waals surface area (Å²) >= 11 is 6.80. The van der Waals surface area contributed by atoms with Crippen LogP contribution >= 0.6 is 24.0 Å². The molecular formula is C31H40N2O17S2. The van der Waals surface area contributed by atoms with Gasteiger partial charge in [-0.15, -0.1) is 11.8 Å². The van der Waals surface area contributed by atoms with Crippen LogP contribution in [0.3, 0.4) is 0 Å². The number of hydrogen-bond acceptors (Lipinski definition) is 20. The molecule has 0 aromatic carbocycles. The molecule has 0 bridgehead atoms. The van der Waals surface area contributed by atoms with Gasteiger partial charge in [-0.3, -0.25) is 38.1 Å². The van der Waals surface area contributed by atoms with Crippen molar-refractivity contribution in [3.8, 4) is 0 Å². The molecule has 21 heteroatoms. The lowest BCUT2D eigenvalue weighted by Gasteiger charge is -2.49. The minimum Gasteiger partial charge on any atom is -0.463 e. The first kappa shape index (κ1) is 42.2. The maximum Gasteiger partial charge on any atom is 0.303 e. The summed E-state index contributed by atoms with van der Waals surface area (Å²) < 4.78 is 58.2. The fraction of sp³-hybridized carbons (Fsp3) is 0.645. The van der Waals surface area contributed by atoms with E-state index in [-0.39, 0.29) is 4.77 Å². The molecule has 2 saturated heterocycles. The summed E-state index contributed by atoms with van der Waals surface area (Å²) in [6.45, 7) is 6.41. The molecule has 2 aliphatic heterocycles. The summed E-state index contributed by atoms with van der Waals surface area (Å²) in [5.74, 6) is -5.86. The molecule has 0 N–H and O–H groups in total. The van der Waals surface area contributed by atoms with E-state index in [1.54, 1.807) is 12.3 Å². The summed E-state index contributed by atoms with van der Waals surface area (Å²) in [5, 5.41) is 0.555. The van der Waals surface area contributed by atoms with Crippen LogP contribution in [-0.2, 0) is 80.9 Å². The van der Waals surface area contributed by atoms with Gasteiger partial charge in [-0.1, -0.05) is 0 Å². The van der Waals surface area contributed by atoms with E-state index in [2.05, 4.69) is 4.98 Å². The zero-order valence-corrected chi connectivity index (χ0v) is 31.1. The van der Waals surface area contributed by atoms with Gasteiger partial charge in [-0.2, -0.15) is 0 Å².